The minimum absolute atomic E-state index is 0.459. The molecule has 20 heavy (non-hydrogen) atoms. The second-order valence-electron chi connectivity index (χ2n) is 6.08. The zero-order valence-electron chi connectivity index (χ0n) is 12.3. The molecular weight excluding hydrogens is 248 g/mol. The summed E-state index contributed by atoms with van der Waals surface area (Å²) in [5, 5.41) is 3.63. The highest BCUT2D eigenvalue weighted by atomic mass is 16.5. The van der Waals surface area contributed by atoms with Gasteiger partial charge in [-0.05, 0) is 50.3 Å². The smallest absolute Gasteiger partial charge is 0.0605 e. The van der Waals surface area contributed by atoms with Crippen LogP contribution in [0.1, 0.15) is 62.2 Å². The number of hydrogen-bond acceptors (Lipinski definition) is 3. The molecule has 3 heteroatoms. The van der Waals surface area contributed by atoms with E-state index in [1.54, 1.807) is 0 Å². The zero-order valence-corrected chi connectivity index (χ0v) is 12.3. The fraction of sp³-hybridized carbons (Fsp3) is 0.706. The van der Waals surface area contributed by atoms with Crippen molar-refractivity contribution >= 4 is 0 Å². The maximum atomic E-state index is 5.96. The molecule has 0 spiro atoms. The molecule has 0 aromatic carbocycles. The van der Waals surface area contributed by atoms with E-state index in [4.69, 9.17) is 4.74 Å². The number of nitrogens with zero attached hydrogens (tertiary/aromatic N) is 1. The highest BCUT2D eigenvalue weighted by molar-refractivity contribution is 5.27. The van der Waals surface area contributed by atoms with Crippen molar-refractivity contribution in [3.8, 4) is 0 Å². The number of nitrogens with one attached hydrogen (secondary N) is 1. The first-order valence-corrected chi connectivity index (χ1v) is 8.22. The second-order valence-corrected chi connectivity index (χ2v) is 6.08. The Bertz CT molecular complexity index is 415. The van der Waals surface area contributed by atoms with Crippen LogP contribution in [0.15, 0.2) is 18.3 Å². The molecule has 1 atom stereocenters. The quantitative estimate of drug-likeness (QED) is 0.807. The largest absolute Gasteiger partial charge is 0.378 e. The van der Waals surface area contributed by atoms with Gasteiger partial charge in [0.25, 0.3) is 0 Å². The van der Waals surface area contributed by atoms with Crippen LogP contribution in [0.3, 0.4) is 0 Å². The summed E-state index contributed by atoms with van der Waals surface area (Å²) in [5.74, 6) is 0. The molecule has 1 N–H and O–H groups in total. The minimum atomic E-state index is 0.459. The average molecular weight is 274 g/mol. The summed E-state index contributed by atoms with van der Waals surface area (Å²) in [6, 6.07) is 4.70. The molecule has 1 fully saturated rings. The Morgan fingerprint density at radius 3 is 3.00 bits per heavy atom. The van der Waals surface area contributed by atoms with E-state index in [0.717, 1.165) is 19.6 Å². The van der Waals surface area contributed by atoms with E-state index in [2.05, 4.69) is 16.4 Å². The maximum Gasteiger partial charge on any atom is 0.0605 e. The van der Waals surface area contributed by atoms with Crippen molar-refractivity contribution in [3.63, 3.8) is 0 Å². The molecule has 0 radical (unpaired) electrons. The number of ether oxygens (including phenoxy) is 1. The second kappa shape index (κ2) is 7.19. The summed E-state index contributed by atoms with van der Waals surface area (Å²) in [6.45, 7) is 1.94. The molecule has 1 aromatic rings. The van der Waals surface area contributed by atoms with Crippen LogP contribution in [-0.4, -0.2) is 24.2 Å². The lowest BCUT2D eigenvalue weighted by Gasteiger charge is -2.22. The fourth-order valence-electron chi connectivity index (χ4n) is 3.44. The van der Waals surface area contributed by atoms with Crippen LogP contribution in [0.2, 0.25) is 0 Å². The van der Waals surface area contributed by atoms with E-state index in [0.29, 0.717) is 12.1 Å². The number of aromatic nitrogens is 1. The van der Waals surface area contributed by atoms with Crippen LogP contribution in [0.4, 0.5) is 0 Å². The fourth-order valence-corrected chi connectivity index (χ4v) is 3.44. The predicted molar refractivity (Wildman–Crippen MR) is 80.7 cm³/mol. The van der Waals surface area contributed by atoms with Gasteiger partial charge in [-0.3, -0.25) is 4.98 Å². The van der Waals surface area contributed by atoms with Crippen molar-refractivity contribution in [2.24, 2.45) is 0 Å². The van der Waals surface area contributed by atoms with Gasteiger partial charge >= 0.3 is 0 Å². The van der Waals surface area contributed by atoms with E-state index in [1.807, 2.05) is 12.3 Å². The van der Waals surface area contributed by atoms with Gasteiger partial charge in [-0.2, -0.15) is 0 Å². The van der Waals surface area contributed by atoms with E-state index in [-0.39, 0.29) is 0 Å². The first-order chi connectivity index (χ1) is 9.93. The monoisotopic (exact) mass is 274 g/mol. The highest BCUT2D eigenvalue weighted by Gasteiger charge is 2.22. The normalized spacial score (nSPS) is 22.9. The molecule has 1 aromatic heterocycles. The lowest BCUT2D eigenvalue weighted by molar-refractivity contribution is 0.0271. The molecule has 1 unspecified atom stereocenters. The van der Waals surface area contributed by atoms with Crippen molar-refractivity contribution < 1.29 is 4.74 Å². The number of fused-ring (bicyclic) bond motifs is 1. The van der Waals surface area contributed by atoms with Gasteiger partial charge in [-0.1, -0.05) is 25.3 Å². The Kier molecular flexibility index (Phi) is 5.04. The molecule has 110 valence electrons. The lowest BCUT2D eigenvalue weighted by Crippen LogP contribution is -2.23. The molecule has 3 rings (SSSR count). The third-order valence-corrected chi connectivity index (χ3v) is 4.58. The van der Waals surface area contributed by atoms with Crippen molar-refractivity contribution in [1.29, 1.82) is 0 Å². The summed E-state index contributed by atoms with van der Waals surface area (Å²) >= 11 is 0. The summed E-state index contributed by atoms with van der Waals surface area (Å²) in [4.78, 5) is 4.52. The van der Waals surface area contributed by atoms with Gasteiger partial charge < -0.3 is 10.1 Å². The molecule has 2 aliphatic rings. The Morgan fingerprint density at radius 2 is 2.10 bits per heavy atom. The zero-order chi connectivity index (χ0) is 13.6. The van der Waals surface area contributed by atoms with Crippen molar-refractivity contribution in [2.75, 3.05) is 13.2 Å². The minimum Gasteiger partial charge on any atom is -0.378 e. The van der Waals surface area contributed by atoms with Gasteiger partial charge in [0.05, 0.1) is 17.8 Å². The number of rotatable bonds is 6. The number of aryl methyl sites for hydroxylation is 1. The summed E-state index contributed by atoms with van der Waals surface area (Å²) in [5.41, 5.74) is 2.68. The van der Waals surface area contributed by atoms with Gasteiger partial charge in [-0.15, -0.1) is 0 Å². The van der Waals surface area contributed by atoms with Crippen LogP contribution >= 0.6 is 0 Å². The molecule has 1 heterocycles. The molecule has 0 amide bonds. The highest BCUT2D eigenvalue weighted by Crippen LogP contribution is 2.28. The third kappa shape index (κ3) is 3.58. The van der Waals surface area contributed by atoms with Gasteiger partial charge in [0.2, 0.25) is 0 Å². The molecule has 1 saturated carbocycles. The third-order valence-electron chi connectivity index (χ3n) is 4.58. The first-order valence-electron chi connectivity index (χ1n) is 8.22. The standard InChI is InChI=1S/C17H26N2O/c1-2-7-15(8-3-1)20-13-5-12-18-16-10-9-14-6-4-11-19-17(14)16/h4,6,11,15-16,18H,1-3,5,7-10,12-13H2. The molecule has 0 bridgehead atoms. The first kappa shape index (κ1) is 14.0. The Labute approximate surface area is 122 Å². The van der Waals surface area contributed by atoms with Crippen molar-refractivity contribution in [3.05, 3.63) is 29.6 Å². The van der Waals surface area contributed by atoms with Gasteiger partial charge in [0, 0.05) is 12.8 Å². The van der Waals surface area contributed by atoms with E-state index >= 15 is 0 Å². The topological polar surface area (TPSA) is 34.2 Å². The Balaban J connectivity index is 1.32. The van der Waals surface area contributed by atoms with Crippen LogP contribution < -0.4 is 5.32 Å². The predicted octanol–water partition coefficient (Wildman–Crippen LogP) is 3.40. The molecule has 2 aliphatic carbocycles. The summed E-state index contributed by atoms with van der Waals surface area (Å²) in [7, 11) is 0. The van der Waals surface area contributed by atoms with Gasteiger partial charge in [0.15, 0.2) is 0 Å². The maximum absolute atomic E-state index is 5.96. The average Bonchev–Trinajstić information content (AvgIpc) is 2.91. The SMILES string of the molecule is c1cnc2c(c1)CCC2NCCCOC1CCCCC1. The van der Waals surface area contributed by atoms with E-state index < -0.39 is 0 Å². The Morgan fingerprint density at radius 1 is 1.20 bits per heavy atom. The number of pyridine rings is 1. The van der Waals surface area contributed by atoms with Crippen LogP contribution in [0, 0.1) is 0 Å². The van der Waals surface area contributed by atoms with Crippen molar-refractivity contribution in [2.45, 2.75) is 63.5 Å². The van der Waals surface area contributed by atoms with Crippen molar-refractivity contribution in [1.82, 2.24) is 10.3 Å². The molecular formula is C17H26N2O. The molecule has 3 nitrogen and oxygen atoms in total. The van der Waals surface area contributed by atoms with Crippen LogP contribution in [-0.2, 0) is 11.2 Å². The summed E-state index contributed by atoms with van der Waals surface area (Å²) in [6.07, 6.45) is 12.6. The Hall–Kier alpha value is -0.930. The molecule has 0 saturated heterocycles. The van der Waals surface area contributed by atoms with E-state index in [9.17, 15) is 0 Å². The number of hydrogen-bond donors (Lipinski definition) is 1. The van der Waals surface area contributed by atoms with Gasteiger partial charge in [-0.25, -0.2) is 0 Å². The van der Waals surface area contributed by atoms with Gasteiger partial charge in [0.1, 0.15) is 0 Å². The van der Waals surface area contributed by atoms with E-state index in [1.165, 1.54) is 56.2 Å². The summed E-state index contributed by atoms with van der Waals surface area (Å²) < 4.78 is 5.96. The molecule has 0 aliphatic heterocycles. The lowest BCUT2D eigenvalue weighted by atomic mass is 9.98. The van der Waals surface area contributed by atoms with Crippen LogP contribution in [0.25, 0.3) is 0 Å². The van der Waals surface area contributed by atoms with Crippen LogP contribution in [0.5, 0.6) is 0 Å².